The number of carbonyl (C=O) groups is 1. The molecule has 2 unspecified atom stereocenters. The molecule has 5 nitrogen and oxygen atoms in total. The lowest BCUT2D eigenvalue weighted by atomic mass is 9.97. The molecule has 8 heteroatoms. The van der Waals surface area contributed by atoms with Crippen LogP contribution in [0.25, 0.3) is 10.9 Å². The predicted octanol–water partition coefficient (Wildman–Crippen LogP) is 5.10. The average molecular weight is 440 g/mol. The van der Waals surface area contributed by atoms with Crippen molar-refractivity contribution in [2.45, 2.75) is 37.8 Å². The Morgan fingerprint density at radius 2 is 1.97 bits per heavy atom. The van der Waals surface area contributed by atoms with E-state index in [9.17, 15) is 18.0 Å². The Labute approximate surface area is 181 Å². The Morgan fingerprint density at radius 1 is 1.12 bits per heavy atom. The maximum Gasteiger partial charge on any atom is 0.416 e. The maximum absolute atomic E-state index is 13.0. The van der Waals surface area contributed by atoms with Crippen LogP contribution in [0.2, 0.25) is 0 Å². The van der Waals surface area contributed by atoms with Gasteiger partial charge in [-0.2, -0.15) is 13.2 Å². The Bertz CT molecular complexity index is 1250. The SMILES string of the molecule is O=C(NC1COc2cc(C(F)(F)F)ccc21)c1ccc2ncc3c(c2c1)C(C1CC1)OC3. The molecular formula is C24H19F3N2O3. The molecule has 1 saturated carbocycles. The van der Waals surface area contributed by atoms with E-state index in [-0.39, 0.29) is 24.4 Å². The number of hydrogen-bond donors (Lipinski definition) is 1. The molecule has 3 aromatic rings. The van der Waals surface area contributed by atoms with Gasteiger partial charge in [0.05, 0.1) is 29.8 Å². The second kappa shape index (κ2) is 6.93. The Hall–Kier alpha value is -3.13. The van der Waals surface area contributed by atoms with E-state index in [1.807, 2.05) is 18.3 Å². The zero-order valence-electron chi connectivity index (χ0n) is 16.9. The molecule has 1 aliphatic carbocycles. The van der Waals surface area contributed by atoms with Gasteiger partial charge in [-0.25, -0.2) is 0 Å². The zero-order chi connectivity index (χ0) is 22.0. The standard InChI is InChI=1S/C24H19F3N2O3/c25-24(26,27)15-4-5-16-19(11-31-20(16)8-15)29-23(30)13-3-6-18-17(7-13)21-14(9-28-18)10-32-22(21)12-1-2-12/h3-9,12,19,22H,1-2,10-11H2,(H,29,30). The number of ether oxygens (including phenoxy) is 2. The number of nitrogens with one attached hydrogen (secondary N) is 1. The van der Waals surface area contributed by atoms with Gasteiger partial charge in [0.15, 0.2) is 0 Å². The Kier molecular flexibility index (Phi) is 4.24. The Morgan fingerprint density at radius 3 is 2.75 bits per heavy atom. The van der Waals surface area contributed by atoms with E-state index in [0.717, 1.165) is 47.0 Å². The molecule has 164 valence electrons. The number of benzene rings is 2. The number of amides is 1. The molecule has 1 amide bonds. The first kappa shape index (κ1) is 19.5. The molecular weight excluding hydrogens is 421 g/mol. The quantitative estimate of drug-likeness (QED) is 0.616. The molecule has 3 heterocycles. The van der Waals surface area contributed by atoms with Gasteiger partial charge >= 0.3 is 6.18 Å². The molecule has 32 heavy (non-hydrogen) atoms. The first-order chi connectivity index (χ1) is 15.4. The molecule has 0 spiro atoms. The van der Waals surface area contributed by atoms with Gasteiger partial charge in [-0.05, 0) is 54.7 Å². The number of nitrogens with zero attached hydrogens (tertiary/aromatic N) is 1. The molecule has 1 aromatic heterocycles. The topological polar surface area (TPSA) is 60.5 Å². The third-order valence-electron chi connectivity index (χ3n) is 6.43. The van der Waals surface area contributed by atoms with Crippen molar-refractivity contribution in [3.63, 3.8) is 0 Å². The second-order valence-corrected chi connectivity index (χ2v) is 8.59. The highest BCUT2D eigenvalue weighted by atomic mass is 19.4. The monoisotopic (exact) mass is 440 g/mol. The van der Waals surface area contributed by atoms with Crippen LogP contribution in [-0.2, 0) is 17.5 Å². The number of pyridine rings is 1. The summed E-state index contributed by atoms with van der Waals surface area (Å²) in [6.07, 6.45) is -0.258. The first-order valence-corrected chi connectivity index (χ1v) is 10.6. The van der Waals surface area contributed by atoms with Crippen molar-refractivity contribution in [3.05, 3.63) is 70.4 Å². The maximum atomic E-state index is 13.0. The molecule has 0 radical (unpaired) electrons. The third kappa shape index (κ3) is 3.21. The van der Waals surface area contributed by atoms with Crippen LogP contribution in [0.4, 0.5) is 13.2 Å². The Balaban J connectivity index is 1.28. The number of hydrogen-bond acceptors (Lipinski definition) is 4. The van der Waals surface area contributed by atoms with E-state index in [1.54, 1.807) is 6.07 Å². The highest BCUT2D eigenvalue weighted by Gasteiger charge is 2.39. The molecule has 6 rings (SSSR count). The van der Waals surface area contributed by atoms with Gasteiger partial charge in [0.1, 0.15) is 12.4 Å². The fourth-order valence-corrected chi connectivity index (χ4v) is 4.63. The van der Waals surface area contributed by atoms with E-state index in [1.165, 1.54) is 6.07 Å². The lowest BCUT2D eigenvalue weighted by molar-refractivity contribution is -0.137. The first-order valence-electron chi connectivity index (χ1n) is 10.6. The predicted molar refractivity (Wildman–Crippen MR) is 109 cm³/mol. The van der Waals surface area contributed by atoms with E-state index >= 15 is 0 Å². The number of fused-ring (bicyclic) bond motifs is 4. The third-order valence-corrected chi connectivity index (χ3v) is 6.43. The fraction of sp³-hybridized carbons (Fsp3) is 0.333. The summed E-state index contributed by atoms with van der Waals surface area (Å²) in [4.78, 5) is 17.5. The summed E-state index contributed by atoms with van der Waals surface area (Å²) in [5.41, 5.74) is 3.23. The van der Waals surface area contributed by atoms with E-state index in [2.05, 4.69) is 10.3 Å². The number of rotatable bonds is 3. The smallest absolute Gasteiger partial charge is 0.416 e. The highest BCUT2D eigenvalue weighted by molar-refractivity contribution is 5.99. The van der Waals surface area contributed by atoms with E-state index < -0.39 is 17.8 Å². The summed E-state index contributed by atoms with van der Waals surface area (Å²) in [5.74, 6) is 0.357. The van der Waals surface area contributed by atoms with Crippen molar-refractivity contribution in [2.24, 2.45) is 5.92 Å². The molecule has 2 aromatic carbocycles. The number of aromatic nitrogens is 1. The molecule has 1 N–H and O–H groups in total. The minimum Gasteiger partial charge on any atom is -0.491 e. The summed E-state index contributed by atoms with van der Waals surface area (Å²) < 4.78 is 50.3. The van der Waals surface area contributed by atoms with Crippen LogP contribution < -0.4 is 10.1 Å². The van der Waals surface area contributed by atoms with Crippen molar-refractivity contribution in [3.8, 4) is 5.75 Å². The van der Waals surface area contributed by atoms with Gasteiger partial charge < -0.3 is 14.8 Å². The molecule has 3 aliphatic rings. The van der Waals surface area contributed by atoms with Crippen LogP contribution >= 0.6 is 0 Å². The molecule has 0 bridgehead atoms. The van der Waals surface area contributed by atoms with Crippen molar-refractivity contribution in [1.29, 1.82) is 0 Å². The number of halogens is 3. The summed E-state index contributed by atoms with van der Waals surface area (Å²) in [6.45, 7) is 0.622. The van der Waals surface area contributed by atoms with Crippen LogP contribution in [0.5, 0.6) is 5.75 Å². The van der Waals surface area contributed by atoms with Crippen LogP contribution in [0.3, 0.4) is 0 Å². The van der Waals surface area contributed by atoms with Crippen molar-refractivity contribution >= 4 is 16.8 Å². The zero-order valence-corrected chi connectivity index (χ0v) is 16.9. The highest BCUT2D eigenvalue weighted by Crippen LogP contribution is 2.49. The van der Waals surface area contributed by atoms with Gasteiger partial charge in [0, 0.05) is 28.3 Å². The number of alkyl halides is 3. The molecule has 0 saturated heterocycles. The molecule has 2 atom stereocenters. The fourth-order valence-electron chi connectivity index (χ4n) is 4.63. The largest absolute Gasteiger partial charge is 0.491 e. The molecule has 2 aliphatic heterocycles. The summed E-state index contributed by atoms with van der Waals surface area (Å²) in [7, 11) is 0. The van der Waals surface area contributed by atoms with E-state index in [0.29, 0.717) is 23.7 Å². The van der Waals surface area contributed by atoms with Gasteiger partial charge in [0.25, 0.3) is 5.91 Å². The van der Waals surface area contributed by atoms with Gasteiger partial charge in [-0.15, -0.1) is 0 Å². The van der Waals surface area contributed by atoms with Gasteiger partial charge in [-0.1, -0.05) is 6.07 Å². The van der Waals surface area contributed by atoms with Crippen LogP contribution in [0.1, 0.15) is 57.6 Å². The van der Waals surface area contributed by atoms with Crippen molar-refractivity contribution in [2.75, 3.05) is 6.61 Å². The van der Waals surface area contributed by atoms with Crippen molar-refractivity contribution < 1.29 is 27.4 Å². The summed E-state index contributed by atoms with van der Waals surface area (Å²) in [5, 5.41) is 3.81. The normalized spacial score (nSPS) is 21.8. The van der Waals surface area contributed by atoms with Crippen LogP contribution in [0, 0.1) is 5.92 Å². The second-order valence-electron chi connectivity index (χ2n) is 8.59. The van der Waals surface area contributed by atoms with Crippen LogP contribution in [-0.4, -0.2) is 17.5 Å². The van der Waals surface area contributed by atoms with Crippen LogP contribution in [0.15, 0.2) is 42.6 Å². The van der Waals surface area contributed by atoms with E-state index in [4.69, 9.17) is 9.47 Å². The van der Waals surface area contributed by atoms with Gasteiger partial charge in [-0.3, -0.25) is 9.78 Å². The lowest BCUT2D eigenvalue weighted by Crippen LogP contribution is -2.29. The minimum atomic E-state index is -4.44. The summed E-state index contributed by atoms with van der Waals surface area (Å²) >= 11 is 0. The summed E-state index contributed by atoms with van der Waals surface area (Å²) in [6, 6.07) is 8.21. The minimum absolute atomic E-state index is 0.0479. The average Bonchev–Trinajstić information content (AvgIpc) is 3.40. The van der Waals surface area contributed by atoms with Gasteiger partial charge in [0.2, 0.25) is 0 Å². The van der Waals surface area contributed by atoms with Crippen molar-refractivity contribution in [1.82, 2.24) is 10.3 Å². The molecule has 1 fully saturated rings. The number of carbonyl (C=O) groups excluding carboxylic acids is 1. The lowest BCUT2D eigenvalue weighted by Gasteiger charge is -2.15.